The van der Waals surface area contributed by atoms with E-state index in [1.165, 1.54) is 18.5 Å². The van der Waals surface area contributed by atoms with Gasteiger partial charge in [-0.15, -0.1) is 0 Å². The van der Waals surface area contributed by atoms with Crippen LogP contribution in [0.4, 0.5) is 23.2 Å². The van der Waals surface area contributed by atoms with Crippen molar-refractivity contribution in [2.24, 2.45) is 5.73 Å². The third-order valence-corrected chi connectivity index (χ3v) is 5.17. The Morgan fingerprint density at radius 2 is 2.00 bits per heavy atom. The minimum absolute atomic E-state index is 0.0907. The number of hydrogen-bond acceptors (Lipinski definition) is 5. The van der Waals surface area contributed by atoms with Gasteiger partial charge in [-0.1, -0.05) is 0 Å². The van der Waals surface area contributed by atoms with E-state index in [-0.39, 0.29) is 17.8 Å². The minimum Gasteiger partial charge on any atom is -0.485 e. The Kier molecular flexibility index (Phi) is 4.42. The molecule has 0 amide bonds. The van der Waals surface area contributed by atoms with Gasteiger partial charge in [0.1, 0.15) is 23.4 Å². The van der Waals surface area contributed by atoms with Crippen molar-refractivity contribution in [2.75, 3.05) is 18.5 Å². The number of benzene rings is 2. The lowest BCUT2D eigenvalue weighted by molar-refractivity contribution is 0.0825. The number of nitrogens with one attached hydrogen (secondary N) is 2. The van der Waals surface area contributed by atoms with Crippen LogP contribution in [-0.4, -0.2) is 34.8 Å². The lowest BCUT2D eigenvalue weighted by Crippen LogP contribution is -2.21. The molecule has 5 rings (SSSR count). The molecule has 1 aliphatic rings. The highest BCUT2D eigenvalue weighted by Gasteiger charge is 2.26. The molecule has 0 saturated heterocycles. The lowest BCUT2D eigenvalue weighted by atomic mass is 9.88. The first-order chi connectivity index (χ1) is 15.0. The van der Waals surface area contributed by atoms with Crippen LogP contribution in [0.3, 0.4) is 0 Å². The van der Waals surface area contributed by atoms with E-state index in [2.05, 4.69) is 20.5 Å². The Balaban J connectivity index is 1.80. The fourth-order valence-corrected chi connectivity index (χ4v) is 3.89. The largest absolute Gasteiger partial charge is 0.485 e. The average Bonchev–Trinajstić information content (AvgIpc) is 3.25. The third-order valence-electron chi connectivity index (χ3n) is 5.17. The number of rotatable bonds is 4. The van der Waals surface area contributed by atoms with Gasteiger partial charge in [-0.05, 0) is 29.8 Å². The molecule has 0 unspecified atom stereocenters. The van der Waals surface area contributed by atoms with Gasteiger partial charge in [0.05, 0.1) is 18.4 Å². The van der Waals surface area contributed by atoms with Crippen molar-refractivity contribution in [3.8, 4) is 5.75 Å². The number of aromatic amines is 1. The van der Waals surface area contributed by atoms with E-state index in [9.17, 15) is 17.6 Å². The standard InChI is InChI=1S/C21H15F4N5O/c22-13-4-10(12-6-29-30-21(12)18(13)25)17-11-5-15(31-8-16(23)24)20-9(2-1-3-27-20)19(11)28-7-14(17)26/h1-6,16,28H,7-8,26H2,(H,29,30). The molecule has 0 atom stereocenters. The Hall–Kier alpha value is -3.82. The molecule has 2 aromatic heterocycles. The summed E-state index contributed by atoms with van der Waals surface area (Å²) in [6.45, 7) is -0.578. The molecule has 0 bridgehead atoms. The Morgan fingerprint density at radius 1 is 1.16 bits per heavy atom. The van der Waals surface area contributed by atoms with Crippen molar-refractivity contribution in [1.82, 2.24) is 15.2 Å². The molecular weight excluding hydrogens is 414 g/mol. The molecular formula is C21H15F4N5O. The fourth-order valence-electron chi connectivity index (χ4n) is 3.89. The molecule has 3 heterocycles. The van der Waals surface area contributed by atoms with E-state index in [0.29, 0.717) is 44.4 Å². The van der Waals surface area contributed by atoms with Crippen LogP contribution in [0.15, 0.2) is 42.4 Å². The van der Waals surface area contributed by atoms with E-state index >= 15 is 0 Å². The molecule has 4 N–H and O–H groups in total. The van der Waals surface area contributed by atoms with Crippen molar-refractivity contribution < 1.29 is 22.3 Å². The van der Waals surface area contributed by atoms with E-state index in [4.69, 9.17) is 10.5 Å². The predicted molar refractivity (Wildman–Crippen MR) is 108 cm³/mol. The number of pyridine rings is 1. The van der Waals surface area contributed by atoms with Gasteiger partial charge in [-0.25, -0.2) is 17.6 Å². The smallest absolute Gasteiger partial charge is 0.272 e. The summed E-state index contributed by atoms with van der Waals surface area (Å²) < 4.78 is 59.5. The van der Waals surface area contributed by atoms with Crippen LogP contribution >= 0.6 is 0 Å². The maximum atomic E-state index is 14.4. The van der Waals surface area contributed by atoms with Crippen molar-refractivity contribution in [2.45, 2.75) is 6.43 Å². The van der Waals surface area contributed by atoms with E-state index < -0.39 is 24.7 Å². The van der Waals surface area contributed by atoms with Crippen LogP contribution in [0.1, 0.15) is 11.1 Å². The normalized spacial score (nSPS) is 13.7. The average molecular weight is 429 g/mol. The predicted octanol–water partition coefficient (Wildman–Crippen LogP) is 4.18. The molecule has 0 aliphatic carbocycles. The summed E-state index contributed by atoms with van der Waals surface area (Å²) in [5.41, 5.74) is 8.86. The summed E-state index contributed by atoms with van der Waals surface area (Å²) in [6.07, 6.45) is 0.235. The first-order valence-corrected chi connectivity index (χ1v) is 9.32. The summed E-state index contributed by atoms with van der Waals surface area (Å²) in [5, 5.41) is 10.4. The number of nitrogens with two attached hydrogens (primary N) is 1. The number of aromatic nitrogens is 3. The van der Waals surface area contributed by atoms with Crippen LogP contribution in [0.5, 0.6) is 5.75 Å². The topological polar surface area (TPSA) is 88.9 Å². The van der Waals surface area contributed by atoms with Crippen molar-refractivity contribution >= 4 is 33.1 Å². The maximum Gasteiger partial charge on any atom is 0.272 e. The van der Waals surface area contributed by atoms with Crippen LogP contribution in [-0.2, 0) is 0 Å². The first-order valence-electron chi connectivity index (χ1n) is 9.32. The number of halogens is 4. The molecule has 6 nitrogen and oxygen atoms in total. The summed E-state index contributed by atoms with van der Waals surface area (Å²) in [7, 11) is 0. The van der Waals surface area contributed by atoms with Gasteiger partial charge >= 0.3 is 0 Å². The quantitative estimate of drug-likeness (QED) is 0.424. The zero-order valence-corrected chi connectivity index (χ0v) is 15.8. The summed E-state index contributed by atoms with van der Waals surface area (Å²) in [5.74, 6) is -1.98. The molecule has 0 spiro atoms. The third kappa shape index (κ3) is 3.02. The maximum absolute atomic E-state index is 14.4. The molecule has 4 aromatic rings. The van der Waals surface area contributed by atoms with Gasteiger partial charge < -0.3 is 15.8 Å². The van der Waals surface area contributed by atoms with E-state index in [1.807, 2.05) is 0 Å². The van der Waals surface area contributed by atoms with Gasteiger partial charge in [-0.3, -0.25) is 10.1 Å². The van der Waals surface area contributed by atoms with Gasteiger partial charge in [0.25, 0.3) is 6.43 Å². The molecule has 31 heavy (non-hydrogen) atoms. The van der Waals surface area contributed by atoms with E-state index in [1.54, 1.807) is 12.1 Å². The fraction of sp³-hybridized carbons (Fsp3) is 0.143. The Morgan fingerprint density at radius 3 is 2.81 bits per heavy atom. The molecule has 1 aliphatic heterocycles. The molecule has 158 valence electrons. The van der Waals surface area contributed by atoms with Crippen molar-refractivity contribution in [1.29, 1.82) is 0 Å². The second-order valence-corrected chi connectivity index (χ2v) is 7.03. The van der Waals surface area contributed by atoms with Crippen LogP contribution in [0.2, 0.25) is 0 Å². The second kappa shape index (κ2) is 7.15. The first kappa shape index (κ1) is 19.2. The highest BCUT2D eigenvalue weighted by molar-refractivity contribution is 6.08. The Labute approximate surface area is 172 Å². The van der Waals surface area contributed by atoms with E-state index in [0.717, 1.165) is 6.07 Å². The summed E-state index contributed by atoms with van der Waals surface area (Å²) in [6, 6.07) is 6.06. The number of nitrogens with zero attached hydrogens (tertiary/aromatic N) is 2. The molecule has 0 radical (unpaired) electrons. The van der Waals surface area contributed by atoms with Crippen LogP contribution in [0, 0.1) is 11.6 Å². The van der Waals surface area contributed by atoms with Gasteiger partial charge in [0.15, 0.2) is 11.6 Å². The molecule has 0 fully saturated rings. The second-order valence-electron chi connectivity index (χ2n) is 7.03. The monoisotopic (exact) mass is 429 g/mol. The number of H-pyrrole nitrogens is 1. The number of fused-ring (bicyclic) bond motifs is 4. The molecule has 0 saturated carbocycles. The SMILES string of the molecule is NC1=C(c2cc(F)c(F)c3[nH]ncc23)c2cc(OCC(F)F)c3ncccc3c2NC1. The highest BCUT2D eigenvalue weighted by Crippen LogP contribution is 2.44. The Bertz CT molecular complexity index is 1370. The number of alkyl halides is 2. The zero-order valence-electron chi connectivity index (χ0n) is 15.8. The van der Waals surface area contributed by atoms with Crippen molar-refractivity contribution in [3.05, 3.63) is 65.1 Å². The zero-order chi connectivity index (χ0) is 21.7. The van der Waals surface area contributed by atoms with Crippen LogP contribution < -0.4 is 15.8 Å². The lowest BCUT2D eigenvalue weighted by Gasteiger charge is -2.26. The molecule has 2 aromatic carbocycles. The summed E-state index contributed by atoms with van der Waals surface area (Å²) in [4.78, 5) is 4.27. The van der Waals surface area contributed by atoms with Gasteiger partial charge in [0.2, 0.25) is 0 Å². The number of ether oxygens (including phenoxy) is 1. The minimum atomic E-state index is -2.68. The van der Waals surface area contributed by atoms with Gasteiger partial charge in [-0.2, -0.15) is 5.10 Å². The highest BCUT2D eigenvalue weighted by atomic mass is 19.3. The summed E-state index contributed by atoms with van der Waals surface area (Å²) >= 11 is 0. The number of anilines is 1. The molecule has 10 heteroatoms. The van der Waals surface area contributed by atoms with Gasteiger partial charge in [0, 0.05) is 33.8 Å². The number of hydrogen-bond donors (Lipinski definition) is 3. The van der Waals surface area contributed by atoms with Crippen LogP contribution in [0.25, 0.3) is 27.4 Å². The van der Waals surface area contributed by atoms with Crippen molar-refractivity contribution in [3.63, 3.8) is 0 Å².